The number of nitrogens with zero attached hydrogens (tertiary/aromatic N) is 3. The number of hydrogen-bond acceptors (Lipinski definition) is 4. The van der Waals surface area contributed by atoms with Gasteiger partial charge in [0, 0.05) is 36.3 Å². The molecular formula is C18H14N4O4. The number of nitro groups is 1. The van der Waals surface area contributed by atoms with Gasteiger partial charge in [-0.3, -0.25) is 24.4 Å². The van der Waals surface area contributed by atoms with E-state index in [1.807, 2.05) is 24.3 Å². The number of benzene rings is 2. The zero-order chi connectivity index (χ0) is 18.3. The fourth-order valence-electron chi connectivity index (χ4n) is 3.10. The summed E-state index contributed by atoms with van der Waals surface area (Å²) < 4.78 is 1.58. The molecule has 26 heavy (non-hydrogen) atoms. The quantitative estimate of drug-likeness (QED) is 0.567. The highest BCUT2D eigenvalue weighted by Crippen LogP contribution is 2.25. The highest BCUT2D eigenvalue weighted by molar-refractivity contribution is 6.02. The standard InChI is InChI=1S/C18H14N4O4/c23-17-15-4-2-1-3-12(15)11-16-20(17)9-10-21(16)18(24)19-13-5-7-14(8-6-13)22(25)26/h1-8,11H,9-10H2,(H,19,24). The molecular weight excluding hydrogens is 336 g/mol. The summed E-state index contributed by atoms with van der Waals surface area (Å²) in [6.07, 6.45) is 0. The van der Waals surface area contributed by atoms with Gasteiger partial charge < -0.3 is 5.32 Å². The average molecular weight is 350 g/mol. The predicted octanol–water partition coefficient (Wildman–Crippen LogP) is 2.96. The molecule has 0 fully saturated rings. The third-order valence-corrected chi connectivity index (χ3v) is 4.40. The van der Waals surface area contributed by atoms with Crippen LogP contribution in [-0.2, 0) is 6.54 Å². The third kappa shape index (κ3) is 2.57. The van der Waals surface area contributed by atoms with E-state index >= 15 is 0 Å². The van der Waals surface area contributed by atoms with Crippen LogP contribution in [0.25, 0.3) is 10.8 Å². The SMILES string of the molecule is O=C(Nc1ccc([N+](=O)[O-])cc1)N1CCn2c1cc1ccccc1c2=O. The van der Waals surface area contributed by atoms with Gasteiger partial charge in [-0.15, -0.1) is 0 Å². The van der Waals surface area contributed by atoms with E-state index in [2.05, 4.69) is 5.32 Å². The molecule has 1 aliphatic heterocycles. The van der Waals surface area contributed by atoms with Crippen molar-refractivity contribution in [1.29, 1.82) is 0 Å². The molecule has 2 heterocycles. The van der Waals surface area contributed by atoms with E-state index in [0.717, 1.165) is 5.39 Å². The lowest BCUT2D eigenvalue weighted by molar-refractivity contribution is -0.384. The molecule has 2 aromatic carbocycles. The normalized spacial score (nSPS) is 12.8. The van der Waals surface area contributed by atoms with Gasteiger partial charge in [-0.2, -0.15) is 0 Å². The number of fused-ring (bicyclic) bond motifs is 2. The first-order valence-corrected chi connectivity index (χ1v) is 8.00. The summed E-state index contributed by atoms with van der Waals surface area (Å²) in [5, 5.41) is 14.8. The van der Waals surface area contributed by atoms with E-state index in [4.69, 9.17) is 0 Å². The van der Waals surface area contributed by atoms with Crippen LogP contribution in [-0.4, -0.2) is 22.1 Å². The first kappa shape index (κ1) is 15.8. The van der Waals surface area contributed by atoms with Gasteiger partial charge in [-0.25, -0.2) is 4.79 Å². The largest absolute Gasteiger partial charge is 0.327 e. The van der Waals surface area contributed by atoms with Crippen molar-refractivity contribution in [3.63, 3.8) is 0 Å². The fraction of sp³-hybridized carbons (Fsp3) is 0.111. The Labute approximate surface area is 147 Å². The summed E-state index contributed by atoms with van der Waals surface area (Å²) in [5.41, 5.74) is 0.276. The number of pyridine rings is 1. The summed E-state index contributed by atoms with van der Waals surface area (Å²) in [6.45, 7) is 0.803. The van der Waals surface area contributed by atoms with Crippen molar-refractivity contribution >= 4 is 34.0 Å². The number of non-ortho nitro benzene ring substituents is 1. The van der Waals surface area contributed by atoms with Crippen LogP contribution < -0.4 is 15.8 Å². The van der Waals surface area contributed by atoms with E-state index < -0.39 is 4.92 Å². The van der Waals surface area contributed by atoms with Crippen molar-refractivity contribution in [2.45, 2.75) is 6.54 Å². The second-order valence-electron chi connectivity index (χ2n) is 5.93. The zero-order valence-electron chi connectivity index (χ0n) is 13.6. The van der Waals surface area contributed by atoms with E-state index in [9.17, 15) is 19.7 Å². The number of nitrogens with one attached hydrogen (secondary N) is 1. The van der Waals surface area contributed by atoms with E-state index in [1.165, 1.54) is 29.2 Å². The van der Waals surface area contributed by atoms with Crippen molar-refractivity contribution in [1.82, 2.24) is 4.57 Å². The molecule has 0 spiro atoms. The summed E-state index contributed by atoms with van der Waals surface area (Å²) >= 11 is 0. The van der Waals surface area contributed by atoms with Crippen LogP contribution in [0.3, 0.4) is 0 Å². The number of amides is 2. The van der Waals surface area contributed by atoms with Crippen LogP contribution in [0.4, 0.5) is 22.0 Å². The number of urea groups is 1. The summed E-state index contributed by atoms with van der Waals surface area (Å²) in [4.78, 5) is 36.9. The summed E-state index contributed by atoms with van der Waals surface area (Å²) in [5.74, 6) is 0.535. The molecule has 0 radical (unpaired) electrons. The minimum atomic E-state index is -0.500. The molecule has 1 aliphatic rings. The molecule has 3 aromatic rings. The Morgan fingerprint density at radius 1 is 1.08 bits per heavy atom. The van der Waals surface area contributed by atoms with Gasteiger partial charge in [0.15, 0.2) is 0 Å². The predicted molar refractivity (Wildman–Crippen MR) is 97.7 cm³/mol. The van der Waals surface area contributed by atoms with Gasteiger partial charge in [0.25, 0.3) is 11.2 Å². The third-order valence-electron chi connectivity index (χ3n) is 4.40. The maximum atomic E-state index is 12.6. The molecule has 1 N–H and O–H groups in total. The molecule has 2 amide bonds. The number of nitro benzene ring substituents is 1. The lowest BCUT2D eigenvalue weighted by Crippen LogP contribution is -2.33. The van der Waals surface area contributed by atoms with Gasteiger partial charge in [0.05, 0.1) is 4.92 Å². The Morgan fingerprint density at radius 2 is 1.81 bits per heavy atom. The minimum absolute atomic E-state index is 0.0486. The van der Waals surface area contributed by atoms with Crippen molar-refractivity contribution in [2.24, 2.45) is 0 Å². The number of carbonyl (C=O) groups excluding carboxylic acids is 1. The van der Waals surface area contributed by atoms with E-state index in [-0.39, 0.29) is 17.3 Å². The van der Waals surface area contributed by atoms with Crippen LogP contribution in [0.15, 0.2) is 59.4 Å². The van der Waals surface area contributed by atoms with Crippen LogP contribution in [0, 0.1) is 10.1 Å². The molecule has 4 rings (SSSR count). The van der Waals surface area contributed by atoms with Crippen molar-refractivity contribution in [2.75, 3.05) is 16.8 Å². The number of rotatable bonds is 2. The molecule has 8 heteroatoms. The zero-order valence-corrected chi connectivity index (χ0v) is 13.6. The maximum Gasteiger partial charge on any atom is 0.327 e. The Hall–Kier alpha value is -3.68. The summed E-state index contributed by atoms with van der Waals surface area (Å²) in [6, 6.07) is 14.3. The molecule has 130 valence electrons. The van der Waals surface area contributed by atoms with Gasteiger partial charge >= 0.3 is 6.03 Å². The molecule has 8 nitrogen and oxygen atoms in total. The highest BCUT2D eigenvalue weighted by atomic mass is 16.6. The Balaban J connectivity index is 1.63. The fourth-order valence-corrected chi connectivity index (χ4v) is 3.10. The van der Waals surface area contributed by atoms with E-state index in [0.29, 0.717) is 30.0 Å². The molecule has 0 atom stereocenters. The average Bonchev–Trinajstić information content (AvgIpc) is 3.06. The monoisotopic (exact) mass is 350 g/mol. The second kappa shape index (κ2) is 5.99. The maximum absolute atomic E-state index is 12.6. The van der Waals surface area contributed by atoms with Gasteiger partial charge in [0.1, 0.15) is 5.82 Å². The minimum Gasteiger partial charge on any atom is -0.307 e. The van der Waals surface area contributed by atoms with Gasteiger partial charge in [-0.1, -0.05) is 18.2 Å². The molecule has 0 saturated heterocycles. The first-order chi connectivity index (χ1) is 12.5. The van der Waals surface area contributed by atoms with Crippen molar-refractivity contribution in [3.8, 4) is 0 Å². The van der Waals surface area contributed by atoms with Crippen LogP contribution in [0.5, 0.6) is 0 Å². The van der Waals surface area contributed by atoms with Crippen LogP contribution >= 0.6 is 0 Å². The van der Waals surface area contributed by atoms with Crippen molar-refractivity contribution in [3.05, 3.63) is 75.1 Å². The highest BCUT2D eigenvalue weighted by Gasteiger charge is 2.26. The number of hydrogen-bond donors (Lipinski definition) is 1. The smallest absolute Gasteiger partial charge is 0.307 e. The first-order valence-electron chi connectivity index (χ1n) is 8.00. The molecule has 0 saturated carbocycles. The van der Waals surface area contributed by atoms with E-state index in [1.54, 1.807) is 10.6 Å². The van der Waals surface area contributed by atoms with Crippen LogP contribution in [0.2, 0.25) is 0 Å². The Kier molecular flexibility index (Phi) is 3.65. The Bertz CT molecular complexity index is 1090. The summed E-state index contributed by atoms with van der Waals surface area (Å²) in [7, 11) is 0. The van der Waals surface area contributed by atoms with Crippen molar-refractivity contribution < 1.29 is 9.72 Å². The number of carbonyl (C=O) groups is 1. The lowest BCUT2D eigenvalue weighted by atomic mass is 10.1. The second-order valence-corrected chi connectivity index (χ2v) is 5.93. The molecule has 0 aliphatic carbocycles. The lowest BCUT2D eigenvalue weighted by Gasteiger charge is -2.17. The van der Waals surface area contributed by atoms with Crippen LogP contribution in [0.1, 0.15) is 0 Å². The van der Waals surface area contributed by atoms with Gasteiger partial charge in [0.2, 0.25) is 0 Å². The number of anilines is 2. The molecule has 1 aromatic heterocycles. The molecule has 0 unspecified atom stereocenters. The topological polar surface area (TPSA) is 97.5 Å². The Morgan fingerprint density at radius 3 is 2.54 bits per heavy atom. The molecule has 0 bridgehead atoms. The number of aromatic nitrogens is 1. The van der Waals surface area contributed by atoms with Gasteiger partial charge in [-0.05, 0) is 29.7 Å².